The van der Waals surface area contributed by atoms with Gasteiger partial charge in [0.05, 0.1) is 17.9 Å². The summed E-state index contributed by atoms with van der Waals surface area (Å²) in [6.45, 7) is 2.04. The van der Waals surface area contributed by atoms with Crippen LogP contribution >= 0.6 is 0 Å². The highest BCUT2D eigenvalue weighted by atomic mass is 19.4. The number of esters is 1. The van der Waals surface area contributed by atoms with E-state index in [1.54, 1.807) is 0 Å². The number of alkyl halides is 3. The van der Waals surface area contributed by atoms with E-state index in [0.29, 0.717) is 12.5 Å². The molecule has 0 unspecified atom stereocenters. The van der Waals surface area contributed by atoms with Gasteiger partial charge in [0, 0.05) is 18.6 Å². The van der Waals surface area contributed by atoms with Crippen molar-refractivity contribution < 1.29 is 27.5 Å². The van der Waals surface area contributed by atoms with Gasteiger partial charge in [0.1, 0.15) is 11.3 Å². The lowest BCUT2D eigenvalue weighted by atomic mass is 10.2. The number of rotatable bonds is 5. The van der Waals surface area contributed by atoms with Crippen LogP contribution in [0.5, 0.6) is 0 Å². The summed E-state index contributed by atoms with van der Waals surface area (Å²) in [6, 6.07) is 3.09. The lowest BCUT2D eigenvalue weighted by Crippen LogP contribution is -2.17. The van der Waals surface area contributed by atoms with Gasteiger partial charge in [-0.1, -0.05) is 6.92 Å². The molecule has 25 heavy (non-hydrogen) atoms. The third kappa shape index (κ3) is 4.75. The number of ether oxygens (including phenoxy) is 1. The lowest BCUT2D eigenvalue weighted by molar-refractivity contribution is -0.141. The van der Waals surface area contributed by atoms with Crippen LogP contribution < -0.4 is 5.32 Å². The fourth-order valence-electron chi connectivity index (χ4n) is 1.83. The molecule has 0 saturated carbocycles. The van der Waals surface area contributed by atoms with E-state index < -0.39 is 23.7 Å². The molecule has 0 bridgehead atoms. The first-order valence-corrected chi connectivity index (χ1v) is 7.28. The maximum atomic E-state index is 12.5. The van der Waals surface area contributed by atoms with Crippen LogP contribution in [0.15, 0.2) is 36.8 Å². The minimum absolute atomic E-state index is 0.0455. The molecule has 9 heteroatoms. The molecule has 0 aliphatic heterocycles. The van der Waals surface area contributed by atoms with Crippen LogP contribution in [0.2, 0.25) is 0 Å². The number of carbonyl (C=O) groups is 2. The van der Waals surface area contributed by atoms with E-state index in [1.807, 2.05) is 6.92 Å². The Labute approximate surface area is 141 Å². The van der Waals surface area contributed by atoms with Crippen molar-refractivity contribution in [3.05, 3.63) is 53.6 Å². The molecular weight excluding hydrogens is 339 g/mol. The standard InChI is InChI=1S/C16H14F3N3O3/c1-2-7-25-15(24)11-9-20-6-5-12(11)22-14(23)10-3-4-13(21-8-10)16(17,18)19/h3-6,8-9H,2,7H2,1H3,(H,20,22,23). The average molecular weight is 353 g/mol. The maximum absolute atomic E-state index is 12.5. The molecular formula is C16H14F3N3O3. The van der Waals surface area contributed by atoms with Crippen molar-refractivity contribution in [3.63, 3.8) is 0 Å². The number of amides is 1. The first-order chi connectivity index (χ1) is 11.8. The first-order valence-electron chi connectivity index (χ1n) is 7.28. The zero-order chi connectivity index (χ0) is 18.4. The molecule has 2 rings (SSSR count). The van der Waals surface area contributed by atoms with Gasteiger partial charge in [0.15, 0.2) is 0 Å². The molecule has 0 aliphatic rings. The van der Waals surface area contributed by atoms with Gasteiger partial charge in [0.25, 0.3) is 5.91 Å². The summed E-state index contributed by atoms with van der Waals surface area (Å²) in [5.41, 5.74) is -1.00. The van der Waals surface area contributed by atoms with Crippen molar-refractivity contribution in [2.45, 2.75) is 19.5 Å². The van der Waals surface area contributed by atoms with E-state index >= 15 is 0 Å². The molecule has 0 aromatic carbocycles. The molecule has 0 aliphatic carbocycles. The monoisotopic (exact) mass is 353 g/mol. The Bertz CT molecular complexity index is 761. The summed E-state index contributed by atoms with van der Waals surface area (Å²) in [4.78, 5) is 31.1. The van der Waals surface area contributed by atoms with Gasteiger partial charge in [-0.15, -0.1) is 0 Å². The van der Waals surface area contributed by atoms with Crippen LogP contribution in [0, 0.1) is 0 Å². The lowest BCUT2D eigenvalue weighted by Gasteiger charge is -2.10. The van der Waals surface area contributed by atoms with E-state index in [1.165, 1.54) is 18.5 Å². The number of halogens is 3. The number of nitrogens with one attached hydrogen (secondary N) is 1. The summed E-state index contributed by atoms with van der Waals surface area (Å²) < 4.78 is 42.5. The molecule has 2 heterocycles. The van der Waals surface area contributed by atoms with Crippen LogP contribution in [-0.4, -0.2) is 28.5 Å². The molecule has 132 valence electrons. The molecule has 1 N–H and O–H groups in total. The Hall–Kier alpha value is -2.97. The second-order valence-electron chi connectivity index (χ2n) is 4.94. The molecule has 0 atom stereocenters. The molecule has 6 nitrogen and oxygen atoms in total. The number of carbonyl (C=O) groups excluding carboxylic acids is 2. The van der Waals surface area contributed by atoms with E-state index in [0.717, 1.165) is 12.3 Å². The van der Waals surface area contributed by atoms with Crippen molar-refractivity contribution in [1.82, 2.24) is 9.97 Å². The van der Waals surface area contributed by atoms with E-state index in [-0.39, 0.29) is 23.4 Å². The van der Waals surface area contributed by atoms with E-state index in [9.17, 15) is 22.8 Å². The summed E-state index contributed by atoms with van der Waals surface area (Å²) in [7, 11) is 0. The Kier molecular flexibility index (Phi) is 5.68. The topological polar surface area (TPSA) is 81.2 Å². The SMILES string of the molecule is CCCOC(=O)c1cnccc1NC(=O)c1ccc(C(F)(F)F)nc1. The first kappa shape index (κ1) is 18.4. The second-order valence-corrected chi connectivity index (χ2v) is 4.94. The van der Waals surface area contributed by atoms with Crippen molar-refractivity contribution in [1.29, 1.82) is 0 Å². The molecule has 2 aromatic heterocycles. The van der Waals surface area contributed by atoms with Gasteiger partial charge in [-0.2, -0.15) is 13.2 Å². The third-order valence-electron chi connectivity index (χ3n) is 3.04. The minimum atomic E-state index is -4.59. The largest absolute Gasteiger partial charge is 0.462 e. The van der Waals surface area contributed by atoms with Crippen LogP contribution in [0.4, 0.5) is 18.9 Å². The summed E-state index contributed by atoms with van der Waals surface area (Å²) in [5, 5.41) is 2.44. The summed E-state index contributed by atoms with van der Waals surface area (Å²) in [5.74, 6) is -1.37. The normalized spacial score (nSPS) is 11.0. The molecule has 0 fully saturated rings. The minimum Gasteiger partial charge on any atom is -0.462 e. The van der Waals surface area contributed by atoms with Gasteiger partial charge in [-0.25, -0.2) is 4.79 Å². The molecule has 0 radical (unpaired) electrons. The zero-order valence-electron chi connectivity index (χ0n) is 13.1. The van der Waals surface area contributed by atoms with E-state index in [2.05, 4.69) is 15.3 Å². The fraction of sp³-hybridized carbons (Fsp3) is 0.250. The van der Waals surface area contributed by atoms with Crippen molar-refractivity contribution in [2.24, 2.45) is 0 Å². The van der Waals surface area contributed by atoms with E-state index in [4.69, 9.17) is 4.74 Å². The number of pyridine rings is 2. The summed E-state index contributed by atoms with van der Waals surface area (Å²) in [6.07, 6.45) is -0.550. The Balaban J connectivity index is 2.17. The molecule has 0 spiro atoms. The van der Waals surface area contributed by atoms with Crippen LogP contribution in [0.1, 0.15) is 39.8 Å². The average Bonchev–Trinajstić information content (AvgIpc) is 2.59. The second kappa shape index (κ2) is 7.73. The third-order valence-corrected chi connectivity index (χ3v) is 3.04. The highest BCUT2D eigenvalue weighted by molar-refractivity contribution is 6.07. The Morgan fingerprint density at radius 1 is 1.20 bits per heavy atom. The van der Waals surface area contributed by atoms with Crippen LogP contribution in [0.25, 0.3) is 0 Å². The van der Waals surface area contributed by atoms with Gasteiger partial charge >= 0.3 is 12.1 Å². The van der Waals surface area contributed by atoms with Gasteiger partial charge in [0.2, 0.25) is 0 Å². The predicted molar refractivity (Wildman–Crippen MR) is 82.0 cm³/mol. The number of hydrogen-bond acceptors (Lipinski definition) is 5. The molecule has 1 amide bonds. The van der Waals surface area contributed by atoms with Crippen LogP contribution in [0.3, 0.4) is 0 Å². The van der Waals surface area contributed by atoms with Crippen molar-refractivity contribution >= 4 is 17.6 Å². The Morgan fingerprint density at radius 2 is 1.96 bits per heavy atom. The quantitative estimate of drug-likeness (QED) is 0.834. The maximum Gasteiger partial charge on any atom is 0.433 e. The fourth-order valence-corrected chi connectivity index (χ4v) is 1.83. The number of anilines is 1. The molecule has 0 saturated heterocycles. The summed E-state index contributed by atoms with van der Waals surface area (Å²) >= 11 is 0. The zero-order valence-corrected chi connectivity index (χ0v) is 13.1. The molecule has 2 aromatic rings. The van der Waals surface area contributed by atoms with Crippen molar-refractivity contribution in [2.75, 3.05) is 11.9 Å². The number of aromatic nitrogens is 2. The van der Waals surface area contributed by atoms with Gasteiger partial charge in [-0.3, -0.25) is 14.8 Å². The number of hydrogen-bond donors (Lipinski definition) is 1. The smallest absolute Gasteiger partial charge is 0.433 e. The predicted octanol–water partition coefficient (Wildman–Crippen LogP) is 3.31. The van der Waals surface area contributed by atoms with Gasteiger partial charge < -0.3 is 10.1 Å². The van der Waals surface area contributed by atoms with Gasteiger partial charge in [-0.05, 0) is 24.6 Å². The van der Waals surface area contributed by atoms with Crippen LogP contribution in [-0.2, 0) is 10.9 Å². The van der Waals surface area contributed by atoms with Crippen molar-refractivity contribution in [3.8, 4) is 0 Å². The Morgan fingerprint density at radius 3 is 2.56 bits per heavy atom. The highest BCUT2D eigenvalue weighted by Gasteiger charge is 2.32. The number of nitrogens with zero attached hydrogens (tertiary/aromatic N) is 2. The highest BCUT2D eigenvalue weighted by Crippen LogP contribution is 2.27.